The zero-order chi connectivity index (χ0) is 28.5. The van der Waals surface area contributed by atoms with Crippen molar-refractivity contribution >= 4 is 46.7 Å². The molecule has 39 heavy (non-hydrogen) atoms. The summed E-state index contributed by atoms with van der Waals surface area (Å²) in [5.41, 5.74) is 1.36. The Morgan fingerprint density at radius 1 is 1.05 bits per heavy atom. The summed E-state index contributed by atoms with van der Waals surface area (Å²) >= 11 is 7.12. The maximum atomic E-state index is 13.2. The Morgan fingerprint density at radius 3 is 2.36 bits per heavy atom. The molecule has 0 radical (unpaired) electrons. The van der Waals surface area contributed by atoms with Gasteiger partial charge in [-0.2, -0.15) is 5.26 Å². The smallest absolute Gasteiger partial charge is 0.348 e. The van der Waals surface area contributed by atoms with E-state index in [2.05, 4.69) is 0 Å². The second kappa shape index (κ2) is 13.7. The number of carbonyl (C=O) groups is 3. The van der Waals surface area contributed by atoms with E-state index < -0.39 is 17.7 Å². The molecule has 1 heterocycles. The number of benzene rings is 2. The number of ether oxygens (including phenoxy) is 3. The Bertz CT molecular complexity index is 1460. The second-order valence-electron chi connectivity index (χ2n) is 8.16. The Morgan fingerprint density at radius 2 is 1.72 bits per heavy atom. The highest BCUT2D eigenvalue weighted by Crippen LogP contribution is 2.32. The highest BCUT2D eigenvalue weighted by molar-refractivity contribution is 7.14. The molecule has 0 spiro atoms. The fourth-order valence-electron chi connectivity index (χ4n) is 3.64. The third-order valence-corrected chi connectivity index (χ3v) is 6.99. The van der Waals surface area contributed by atoms with E-state index in [1.165, 1.54) is 18.2 Å². The van der Waals surface area contributed by atoms with Crippen LogP contribution in [0.25, 0.3) is 6.08 Å². The number of allylic oxidation sites excluding steroid dienone is 1. The highest BCUT2D eigenvalue weighted by atomic mass is 35.5. The lowest BCUT2D eigenvalue weighted by Gasteiger charge is -2.10. The van der Waals surface area contributed by atoms with Crippen LogP contribution in [-0.2, 0) is 27.3 Å². The Labute approximate surface area is 234 Å². The Kier molecular flexibility index (Phi) is 10.4. The quantitative estimate of drug-likeness (QED) is 0.147. The maximum absolute atomic E-state index is 13.2. The molecule has 0 N–H and O–H groups in total. The summed E-state index contributed by atoms with van der Waals surface area (Å²) in [6.45, 7) is 5.26. The lowest BCUT2D eigenvalue weighted by atomic mass is 10.0. The molecule has 3 aromatic rings. The molecule has 0 amide bonds. The van der Waals surface area contributed by atoms with Crippen LogP contribution in [0.15, 0.2) is 48.0 Å². The van der Waals surface area contributed by atoms with Crippen molar-refractivity contribution < 1.29 is 33.0 Å². The van der Waals surface area contributed by atoms with Crippen LogP contribution in [0, 0.1) is 24.1 Å². The lowest BCUT2D eigenvalue weighted by Crippen LogP contribution is -2.12. The van der Waals surface area contributed by atoms with E-state index >= 15 is 0 Å². The lowest BCUT2D eigenvalue weighted by molar-refractivity contribution is -0.114. The molecule has 0 saturated carbocycles. The first kappa shape index (κ1) is 29.6. The summed E-state index contributed by atoms with van der Waals surface area (Å²) in [4.78, 5) is 38.8. The first-order chi connectivity index (χ1) is 18.7. The van der Waals surface area contributed by atoms with Crippen LogP contribution >= 0.6 is 22.9 Å². The van der Waals surface area contributed by atoms with Crippen LogP contribution in [-0.4, -0.2) is 30.9 Å². The molecule has 0 bridgehead atoms. The molecule has 0 aliphatic heterocycles. The van der Waals surface area contributed by atoms with E-state index in [9.17, 15) is 24.0 Å². The van der Waals surface area contributed by atoms with Crippen LogP contribution in [0.5, 0.6) is 5.75 Å². The minimum Gasteiger partial charge on any atom is -0.488 e. The molecular weight excluding hydrogens is 545 g/mol. The van der Waals surface area contributed by atoms with Gasteiger partial charge in [-0.05, 0) is 68.3 Å². The average molecular weight is 570 g/mol. The van der Waals surface area contributed by atoms with Crippen molar-refractivity contribution in [2.75, 3.05) is 13.2 Å². The van der Waals surface area contributed by atoms with Crippen molar-refractivity contribution in [2.24, 2.45) is 0 Å². The van der Waals surface area contributed by atoms with Crippen LogP contribution in [0.3, 0.4) is 0 Å². The number of hydrogen-bond donors (Lipinski definition) is 0. The topological polar surface area (TPSA) is 103 Å². The average Bonchev–Trinajstić information content (AvgIpc) is 3.23. The first-order valence-corrected chi connectivity index (χ1v) is 13.2. The van der Waals surface area contributed by atoms with Gasteiger partial charge >= 0.3 is 11.9 Å². The van der Waals surface area contributed by atoms with E-state index in [0.717, 1.165) is 16.9 Å². The zero-order valence-corrected chi connectivity index (χ0v) is 23.1. The molecule has 2 aromatic carbocycles. The van der Waals surface area contributed by atoms with E-state index in [-0.39, 0.29) is 48.1 Å². The fourth-order valence-corrected chi connectivity index (χ4v) is 5.00. The van der Waals surface area contributed by atoms with E-state index in [4.69, 9.17) is 25.8 Å². The zero-order valence-electron chi connectivity index (χ0n) is 21.5. The summed E-state index contributed by atoms with van der Waals surface area (Å²) in [5, 5.41) is 10.2. The van der Waals surface area contributed by atoms with Crippen molar-refractivity contribution in [3.8, 4) is 11.8 Å². The molecular formula is C29H25ClFNO6S. The number of Topliss-reactive ketones (excluding diaryl/α,β-unsaturated/α-hetero) is 1. The molecule has 7 nitrogen and oxygen atoms in total. The van der Waals surface area contributed by atoms with Crippen molar-refractivity contribution in [2.45, 2.75) is 33.8 Å². The fraction of sp³-hybridized carbons (Fsp3) is 0.241. The van der Waals surface area contributed by atoms with Gasteiger partial charge in [-0.15, -0.1) is 11.3 Å². The van der Waals surface area contributed by atoms with E-state index in [0.29, 0.717) is 26.8 Å². The summed E-state index contributed by atoms with van der Waals surface area (Å²) in [7, 11) is 0. The van der Waals surface area contributed by atoms with Gasteiger partial charge in [-0.25, -0.2) is 14.0 Å². The van der Waals surface area contributed by atoms with Gasteiger partial charge in [0.15, 0.2) is 5.78 Å². The predicted molar refractivity (Wildman–Crippen MR) is 145 cm³/mol. The third-order valence-electron chi connectivity index (χ3n) is 5.48. The van der Waals surface area contributed by atoms with Crippen LogP contribution < -0.4 is 4.74 Å². The van der Waals surface area contributed by atoms with E-state index in [1.54, 1.807) is 51.1 Å². The number of halogens is 2. The highest BCUT2D eigenvalue weighted by Gasteiger charge is 2.28. The predicted octanol–water partition coefficient (Wildman–Crippen LogP) is 6.50. The van der Waals surface area contributed by atoms with Crippen LogP contribution in [0.2, 0.25) is 5.02 Å². The molecule has 0 aliphatic carbocycles. The Balaban J connectivity index is 1.92. The summed E-state index contributed by atoms with van der Waals surface area (Å²) in [5.74, 6) is -1.87. The molecule has 0 atom stereocenters. The van der Waals surface area contributed by atoms with Gasteiger partial charge < -0.3 is 14.2 Å². The largest absolute Gasteiger partial charge is 0.488 e. The molecule has 0 aliphatic rings. The minimum absolute atomic E-state index is 0.106. The van der Waals surface area contributed by atoms with Gasteiger partial charge in [0.25, 0.3) is 0 Å². The van der Waals surface area contributed by atoms with Gasteiger partial charge in [0, 0.05) is 21.9 Å². The minimum atomic E-state index is -0.668. The molecule has 0 fully saturated rings. The number of carbonyl (C=O) groups excluding carboxylic acids is 3. The standard InChI is InChI=1S/C29H25ClFNO6S/c1-4-36-28(34)26-17(3)27(29(35)37-5-2)39-25(26)14-23(33)20(15-32)12-19-13-21(30)8-11-24(19)38-16-18-6-9-22(31)10-7-18/h6-13H,4-5,14,16H2,1-3H3/b20-12+. The van der Waals surface area contributed by atoms with Gasteiger partial charge in [0.2, 0.25) is 0 Å². The SMILES string of the molecule is CCOC(=O)c1sc(CC(=O)/C(C#N)=C/c2cc(Cl)ccc2OCc2ccc(F)cc2)c(C(=O)OCC)c1C. The van der Waals surface area contributed by atoms with E-state index in [1.807, 2.05) is 6.07 Å². The number of hydrogen-bond acceptors (Lipinski definition) is 8. The summed E-state index contributed by atoms with van der Waals surface area (Å²) in [6, 6.07) is 12.5. The second-order valence-corrected chi connectivity index (χ2v) is 9.70. The number of thiophene rings is 1. The van der Waals surface area contributed by atoms with Crippen molar-refractivity contribution in [1.29, 1.82) is 5.26 Å². The number of rotatable bonds is 11. The van der Waals surface area contributed by atoms with Gasteiger partial charge in [0.1, 0.15) is 29.1 Å². The monoisotopic (exact) mass is 569 g/mol. The first-order valence-electron chi connectivity index (χ1n) is 12.0. The Hall–Kier alpha value is -4.00. The number of nitrogens with zero attached hydrogens (tertiary/aromatic N) is 1. The normalized spacial score (nSPS) is 11.0. The number of nitriles is 1. The molecule has 3 rings (SSSR count). The molecule has 0 unspecified atom stereocenters. The van der Waals surface area contributed by atoms with Crippen LogP contribution in [0.4, 0.5) is 4.39 Å². The molecule has 0 saturated heterocycles. The molecule has 1 aromatic heterocycles. The third kappa shape index (κ3) is 7.53. The van der Waals surface area contributed by atoms with Crippen molar-refractivity contribution in [1.82, 2.24) is 0 Å². The molecule has 202 valence electrons. The van der Waals surface area contributed by atoms with Gasteiger partial charge in [0.05, 0.1) is 24.4 Å². The van der Waals surface area contributed by atoms with Crippen molar-refractivity contribution in [3.63, 3.8) is 0 Å². The van der Waals surface area contributed by atoms with Crippen LogP contribution in [0.1, 0.15) is 55.4 Å². The van der Waals surface area contributed by atoms with Gasteiger partial charge in [-0.1, -0.05) is 23.7 Å². The van der Waals surface area contributed by atoms with Gasteiger partial charge in [-0.3, -0.25) is 4.79 Å². The van der Waals surface area contributed by atoms with Crippen molar-refractivity contribution in [3.05, 3.63) is 90.9 Å². The molecule has 10 heteroatoms. The number of esters is 2. The number of ketones is 1. The summed E-state index contributed by atoms with van der Waals surface area (Å²) in [6.07, 6.45) is 1.04. The summed E-state index contributed by atoms with van der Waals surface area (Å²) < 4.78 is 29.3. The maximum Gasteiger partial charge on any atom is 0.348 e.